The molecule has 0 spiro atoms. The van der Waals surface area contributed by atoms with E-state index in [1.54, 1.807) is 13.8 Å². The Hall–Kier alpha value is -1.69. The number of carbonyl (C=O) groups excluding carboxylic acids is 1. The molecule has 1 aliphatic rings. The van der Waals surface area contributed by atoms with E-state index in [1.165, 1.54) is 0 Å². The summed E-state index contributed by atoms with van der Waals surface area (Å²) in [7, 11) is 0. The topological polar surface area (TPSA) is 48.0 Å². The van der Waals surface area contributed by atoms with Crippen molar-refractivity contribution in [3.8, 4) is 0 Å². The molecule has 2 rings (SSSR count). The van der Waals surface area contributed by atoms with Crippen LogP contribution in [0.2, 0.25) is 0 Å². The van der Waals surface area contributed by atoms with Gasteiger partial charge in [0.1, 0.15) is 6.23 Å². The Morgan fingerprint density at radius 2 is 2.18 bits per heavy atom. The highest BCUT2D eigenvalue weighted by Gasteiger charge is 2.26. The van der Waals surface area contributed by atoms with Gasteiger partial charge in [0.25, 0.3) is 0 Å². The Morgan fingerprint density at radius 1 is 1.45 bits per heavy atom. The van der Waals surface area contributed by atoms with Gasteiger partial charge in [-0.3, -0.25) is 4.90 Å². The van der Waals surface area contributed by atoms with E-state index in [0.29, 0.717) is 25.3 Å². The summed E-state index contributed by atoms with van der Waals surface area (Å²) in [6, 6.07) is 10.1. The van der Waals surface area contributed by atoms with Gasteiger partial charge in [-0.1, -0.05) is 36.9 Å². The number of hydrogen-bond acceptors (Lipinski definition) is 5. The summed E-state index contributed by atoms with van der Waals surface area (Å²) in [5, 5.41) is 0. The maximum absolute atomic E-state index is 11.4. The summed E-state index contributed by atoms with van der Waals surface area (Å²) < 4.78 is 16.4. The number of rotatable bonds is 7. The molecule has 22 heavy (non-hydrogen) atoms. The van der Waals surface area contributed by atoms with Gasteiger partial charge in [-0.15, -0.1) is 0 Å². The summed E-state index contributed by atoms with van der Waals surface area (Å²) >= 11 is 0. The number of hydrogen-bond donors (Lipinski definition) is 0. The van der Waals surface area contributed by atoms with Crippen molar-refractivity contribution in [1.29, 1.82) is 0 Å². The molecule has 1 aromatic rings. The SMILES string of the molecule is C=C(C)C(=O)OC(C)OCCN1CCOC1c1ccccc1. The van der Waals surface area contributed by atoms with Crippen LogP contribution in [0.3, 0.4) is 0 Å². The second-order valence-corrected chi connectivity index (χ2v) is 5.29. The molecule has 1 fully saturated rings. The van der Waals surface area contributed by atoms with Crippen LogP contribution in [0.4, 0.5) is 0 Å². The van der Waals surface area contributed by atoms with E-state index < -0.39 is 12.3 Å². The average molecular weight is 305 g/mol. The molecule has 2 unspecified atom stereocenters. The fourth-order valence-corrected chi connectivity index (χ4v) is 2.28. The maximum atomic E-state index is 11.4. The lowest BCUT2D eigenvalue weighted by Crippen LogP contribution is -2.30. The van der Waals surface area contributed by atoms with Gasteiger partial charge in [0.05, 0.1) is 13.2 Å². The van der Waals surface area contributed by atoms with Gasteiger partial charge in [-0.2, -0.15) is 0 Å². The molecule has 5 heteroatoms. The van der Waals surface area contributed by atoms with E-state index in [1.807, 2.05) is 18.2 Å². The minimum absolute atomic E-state index is 0.0296. The molecule has 120 valence electrons. The zero-order valence-electron chi connectivity index (χ0n) is 13.2. The van der Waals surface area contributed by atoms with Crippen LogP contribution in [0.15, 0.2) is 42.5 Å². The molecular weight excluding hydrogens is 282 g/mol. The van der Waals surface area contributed by atoms with Crippen molar-refractivity contribution in [3.05, 3.63) is 48.0 Å². The molecule has 1 heterocycles. The first kappa shape index (κ1) is 16.7. The highest BCUT2D eigenvalue weighted by Crippen LogP contribution is 2.26. The smallest absolute Gasteiger partial charge is 0.335 e. The molecule has 0 N–H and O–H groups in total. The van der Waals surface area contributed by atoms with Crippen molar-refractivity contribution in [2.24, 2.45) is 0 Å². The molecule has 0 saturated carbocycles. The minimum Gasteiger partial charge on any atom is -0.433 e. The van der Waals surface area contributed by atoms with Crippen molar-refractivity contribution in [2.75, 3.05) is 26.3 Å². The number of ether oxygens (including phenoxy) is 3. The number of carbonyl (C=O) groups is 1. The van der Waals surface area contributed by atoms with E-state index in [9.17, 15) is 4.79 Å². The van der Waals surface area contributed by atoms with Crippen LogP contribution in [0.1, 0.15) is 25.6 Å². The van der Waals surface area contributed by atoms with Crippen molar-refractivity contribution in [2.45, 2.75) is 26.4 Å². The van der Waals surface area contributed by atoms with Crippen LogP contribution in [0.25, 0.3) is 0 Å². The van der Waals surface area contributed by atoms with Gasteiger partial charge in [0, 0.05) is 18.7 Å². The summed E-state index contributed by atoms with van der Waals surface area (Å²) in [6.07, 6.45) is -0.610. The van der Waals surface area contributed by atoms with E-state index in [-0.39, 0.29) is 6.23 Å². The molecule has 5 nitrogen and oxygen atoms in total. The van der Waals surface area contributed by atoms with Crippen LogP contribution in [-0.4, -0.2) is 43.5 Å². The fraction of sp³-hybridized carbons (Fsp3) is 0.471. The standard InChI is InChI=1S/C17H23NO4/c1-13(2)17(19)22-14(3)20-11-9-18-10-12-21-16(18)15-7-5-4-6-8-15/h4-8,14,16H,1,9-12H2,2-3H3. The van der Waals surface area contributed by atoms with E-state index in [2.05, 4.69) is 23.6 Å². The fourth-order valence-electron chi connectivity index (χ4n) is 2.28. The van der Waals surface area contributed by atoms with Crippen molar-refractivity contribution >= 4 is 5.97 Å². The maximum Gasteiger partial charge on any atom is 0.335 e. The van der Waals surface area contributed by atoms with Gasteiger partial charge in [0.2, 0.25) is 6.29 Å². The molecule has 1 saturated heterocycles. The van der Waals surface area contributed by atoms with Crippen molar-refractivity contribution in [3.63, 3.8) is 0 Å². The first-order chi connectivity index (χ1) is 10.6. The first-order valence-electron chi connectivity index (χ1n) is 7.46. The summed E-state index contributed by atoms with van der Waals surface area (Å²) in [5.74, 6) is -0.431. The van der Waals surface area contributed by atoms with Gasteiger partial charge >= 0.3 is 5.97 Å². The lowest BCUT2D eigenvalue weighted by Gasteiger charge is -2.23. The summed E-state index contributed by atoms with van der Waals surface area (Å²) in [6.45, 7) is 9.62. The molecule has 2 atom stereocenters. The molecule has 1 aliphatic heterocycles. The average Bonchev–Trinajstić information content (AvgIpc) is 2.96. The summed E-state index contributed by atoms with van der Waals surface area (Å²) in [5.41, 5.74) is 1.51. The third kappa shape index (κ3) is 4.66. The lowest BCUT2D eigenvalue weighted by molar-refractivity contribution is -0.171. The third-order valence-electron chi connectivity index (χ3n) is 3.42. The van der Waals surface area contributed by atoms with Crippen molar-refractivity contribution < 1.29 is 19.0 Å². The molecule has 1 aromatic carbocycles. The zero-order valence-corrected chi connectivity index (χ0v) is 13.2. The third-order valence-corrected chi connectivity index (χ3v) is 3.42. The predicted molar refractivity (Wildman–Crippen MR) is 83.0 cm³/mol. The Morgan fingerprint density at radius 3 is 2.86 bits per heavy atom. The van der Waals surface area contributed by atoms with E-state index >= 15 is 0 Å². The molecule has 0 amide bonds. The summed E-state index contributed by atoms with van der Waals surface area (Å²) in [4.78, 5) is 13.6. The molecule has 0 radical (unpaired) electrons. The predicted octanol–water partition coefficient (Wildman–Crippen LogP) is 2.50. The zero-order chi connectivity index (χ0) is 15.9. The van der Waals surface area contributed by atoms with Gasteiger partial charge in [0.15, 0.2) is 0 Å². The number of esters is 1. The van der Waals surface area contributed by atoms with Crippen LogP contribution < -0.4 is 0 Å². The van der Waals surface area contributed by atoms with E-state index in [4.69, 9.17) is 14.2 Å². The van der Waals surface area contributed by atoms with E-state index in [0.717, 1.165) is 12.1 Å². The minimum atomic E-state index is -0.581. The van der Waals surface area contributed by atoms with Crippen LogP contribution in [0.5, 0.6) is 0 Å². The first-order valence-corrected chi connectivity index (χ1v) is 7.46. The second-order valence-electron chi connectivity index (χ2n) is 5.29. The molecule has 0 bridgehead atoms. The molecule has 0 aromatic heterocycles. The van der Waals surface area contributed by atoms with Gasteiger partial charge in [-0.05, 0) is 19.4 Å². The van der Waals surface area contributed by atoms with Gasteiger partial charge in [-0.25, -0.2) is 4.79 Å². The largest absolute Gasteiger partial charge is 0.433 e. The van der Waals surface area contributed by atoms with Crippen LogP contribution in [-0.2, 0) is 19.0 Å². The second kappa shape index (κ2) is 8.08. The highest BCUT2D eigenvalue weighted by atomic mass is 16.7. The van der Waals surface area contributed by atoms with Gasteiger partial charge < -0.3 is 14.2 Å². The van der Waals surface area contributed by atoms with Crippen LogP contribution in [0, 0.1) is 0 Å². The Balaban J connectivity index is 1.76. The molecule has 0 aliphatic carbocycles. The highest BCUT2D eigenvalue weighted by molar-refractivity contribution is 5.86. The molecular formula is C17H23NO4. The quantitative estimate of drug-likeness (QED) is 0.440. The Kier molecular flexibility index (Phi) is 6.12. The normalized spacial score (nSPS) is 19.8. The monoisotopic (exact) mass is 305 g/mol. The lowest BCUT2D eigenvalue weighted by atomic mass is 10.2. The Labute approximate surface area is 131 Å². The number of benzene rings is 1. The van der Waals surface area contributed by atoms with Crippen LogP contribution >= 0.6 is 0 Å². The Bertz CT molecular complexity index is 503. The number of nitrogens with zero attached hydrogens (tertiary/aromatic N) is 1. The van der Waals surface area contributed by atoms with Crippen molar-refractivity contribution in [1.82, 2.24) is 4.90 Å².